The number of nitrogens with zero attached hydrogens (tertiary/aromatic N) is 1. The predicted molar refractivity (Wildman–Crippen MR) is 81.6 cm³/mol. The van der Waals surface area contributed by atoms with E-state index in [1.807, 2.05) is 11.8 Å². The molecule has 1 unspecified atom stereocenters. The van der Waals surface area contributed by atoms with E-state index in [4.69, 9.17) is 14.2 Å². The molecule has 0 spiro atoms. The predicted octanol–water partition coefficient (Wildman–Crippen LogP) is 0.784. The highest BCUT2D eigenvalue weighted by Crippen LogP contribution is 2.34. The molecular weight excluding hydrogens is 302 g/mol. The number of amides is 3. The second-order valence-corrected chi connectivity index (χ2v) is 5.49. The third-order valence-electron chi connectivity index (χ3n) is 3.58. The average Bonchev–Trinajstić information content (AvgIpc) is 2.94. The summed E-state index contributed by atoms with van der Waals surface area (Å²) in [6.45, 7) is 4.25. The average molecular weight is 321 g/mol. The SMILES string of the molecule is CC1CN(CC(=O)NC(=O)Nc2ccc3c(c2)OCO3)CCO1. The third kappa shape index (κ3) is 4.11. The molecule has 3 rings (SSSR count). The zero-order valence-electron chi connectivity index (χ0n) is 12.8. The van der Waals surface area contributed by atoms with Gasteiger partial charge in [0.2, 0.25) is 12.7 Å². The van der Waals surface area contributed by atoms with Crippen molar-refractivity contribution in [2.24, 2.45) is 0 Å². The van der Waals surface area contributed by atoms with Crippen LogP contribution in [0.5, 0.6) is 11.5 Å². The number of morpholine rings is 1. The molecule has 0 aromatic heterocycles. The molecule has 0 saturated carbocycles. The molecule has 8 nitrogen and oxygen atoms in total. The van der Waals surface area contributed by atoms with Gasteiger partial charge < -0.3 is 19.5 Å². The van der Waals surface area contributed by atoms with E-state index in [0.29, 0.717) is 36.9 Å². The van der Waals surface area contributed by atoms with Crippen LogP contribution < -0.4 is 20.1 Å². The molecule has 2 heterocycles. The molecule has 2 aliphatic rings. The Kier molecular flexibility index (Phi) is 4.63. The number of hydrogen-bond acceptors (Lipinski definition) is 6. The lowest BCUT2D eigenvalue weighted by Crippen LogP contribution is -2.47. The summed E-state index contributed by atoms with van der Waals surface area (Å²) in [7, 11) is 0. The molecule has 2 N–H and O–H groups in total. The summed E-state index contributed by atoms with van der Waals surface area (Å²) < 4.78 is 15.8. The molecule has 1 atom stereocenters. The normalized spacial score (nSPS) is 20.1. The van der Waals surface area contributed by atoms with Gasteiger partial charge in [-0.2, -0.15) is 0 Å². The van der Waals surface area contributed by atoms with E-state index in [2.05, 4.69) is 10.6 Å². The van der Waals surface area contributed by atoms with E-state index in [0.717, 1.165) is 0 Å². The Labute approximate surface area is 133 Å². The number of carbonyl (C=O) groups excluding carboxylic acids is 2. The van der Waals surface area contributed by atoms with Gasteiger partial charge in [0.1, 0.15) is 0 Å². The minimum atomic E-state index is -0.574. The minimum Gasteiger partial charge on any atom is -0.454 e. The van der Waals surface area contributed by atoms with Crippen LogP contribution in [-0.2, 0) is 9.53 Å². The highest BCUT2D eigenvalue weighted by atomic mass is 16.7. The molecule has 8 heteroatoms. The number of fused-ring (bicyclic) bond motifs is 1. The van der Waals surface area contributed by atoms with Crippen LogP contribution in [0.1, 0.15) is 6.92 Å². The van der Waals surface area contributed by atoms with E-state index < -0.39 is 6.03 Å². The fourth-order valence-corrected chi connectivity index (χ4v) is 2.54. The lowest BCUT2D eigenvalue weighted by atomic mass is 10.3. The van der Waals surface area contributed by atoms with Crippen LogP contribution in [0.3, 0.4) is 0 Å². The van der Waals surface area contributed by atoms with Crippen molar-refractivity contribution < 1.29 is 23.8 Å². The highest BCUT2D eigenvalue weighted by Gasteiger charge is 2.20. The van der Waals surface area contributed by atoms with E-state index >= 15 is 0 Å². The Hall–Kier alpha value is -2.32. The Morgan fingerprint density at radius 3 is 2.96 bits per heavy atom. The van der Waals surface area contributed by atoms with Crippen LogP contribution in [0.4, 0.5) is 10.5 Å². The maximum Gasteiger partial charge on any atom is 0.325 e. The number of anilines is 1. The molecule has 2 aliphatic heterocycles. The first kappa shape index (κ1) is 15.6. The van der Waals surface area contributed by atoms with Crippen molar-refractivity contribution in [2.75, 3.05) is 38.4 Å². The standard InChI is InChI=1S/C15H19N3O5/c1-10-7-18(4-5-21-10)8-14(19)17-15(20)16-11-2-3-12-13(6-11)23-9-22-12/h2-3,6,10H,4-5,7-9H2,1H3,(H2,16,17,19,20). The molecule has 23 heavy (non-hydrogen) atoms. The van der Waals surface area contributed by atoms with Gasteiger partial charge in [0.15, 0.2) is 11.5 Å². The fraction of sp³-hybridized carbons (Fsp3) is 0.467. The number of imide groups is 1. The molecule has 124 valence electrons. The molecule has 1 aromatic carbocycles. The van der Waals surface area contributed by atoms with Crippen molar-refractivity contribution in [3.8, 4) is 11.5 Å². The van der Waals surface area contributed by atoms with Crippen LogP contribution in [0.2, 0.25) is 0 Å². The van der Waals surface area contributed by atoms with Gasteiger partial charge in [0.25, 0.3) is 0 Å². The molecule has 1 fully saturated rings. The summed E-state index contributed by atoms with van der Waals surface area (Å²) in [5.41, 5.74) is 0.527. The Morgan fingerprint density at radius 2 is 2.13 bits per heavy atom. The van der Waals surface area contributed by atoms with Crippen molar-refractivity contribution in [3.63, 3.8) is 0 Å². The van der Waals surface area contributed by atoms with Crippen LogP contribution in [0.15, 0.2) is 18.2 Å². The van der Waals surface area contributed by atoms with Gasteiger partial charge in [0, 0.05) is 24.8 Å². The first-order valence-electron chi connectivity index (χ1n) is 7.44. The number of urea groups is 1. The van der Waals surface area contributed by atoms with Gasteiger partial charge >= 0.3 is 6.03 Å². The quantitative estimate of drug-likeness (QED) is 0.855. The first-order valence-corrected chi connectivity index (χ1v) is 7.44. The van der Waals surface area contributed by atoms with Crippen molar-refractivity contribution in [3.05, 3.63) is 18.2 Å². The molecule has 1 aromatic rings. The first-order chi connectivity index (χ1) is 11.1. The van der Waals surface area contributed by atoms with Gasteiger partial charge in [-0.25, -0.2) is 4.79 Å². The largest absolute Gasteiger partial charge is 0.454 e. The fourth-order valence-electron chi connectivity index (χ4n) is 2.54. The smallest absolute Gasteiger partial charge is 0.325 e. The number of benzene rings is 1. The summed E-state index contributed by atoms with van der Waals surface area (Å²) in [6, 6.07) is 4.46. The number of carbonyl (C=O) groups is 2. The maximum absolute atomic E-state index is 11.9. The summed E-state index contributed by atoms with van der Waals surface area (Å²) in [5, 5.41) is 4.91. The summed E-state index contributed by atoms with van der Waals surface area (Å²) in [4.78, 5) is 25.7. The summed E-state index contributed by atoms with van der Waals surface area (Å²) >= 11 is 0. The number of rotatable bonds is 3. The second-order valence-electron chi connectivity index (χ2n) is 5.49. The van der Waals surface area contributed by atoms with Crippen LogP contribution >= 0.6 is 0 Å². The number of nitrogens with one attached hydrogen (secondary N) is 2. The third-order valence-corrected chi connectivity index (χ3v) is 3.58. The molecule has 0 radical (unpaired) electrons. The van der Waals surface area contributed by atoms with Crippen LogP contribution in [0, 0.1) is 0 Å². The zero-order valence-corrected chi connectivity index (χ0v) is 12.8. The van der Waals surface area contributed by atoms with E-state index in [9.17, 15) is 9.59 Å². The lowest BCUT2D eigenvalue weighted by molar-refractivity contribution is -0.122. The van der Waals surface area contributed by atoms with E-state index in [-0.39, 0.29) is 25.3 Å². The molecule has 3 amide bonds. The summed E-state index contributed by atoms with van der Waals surface area (Å²) in [6.07, 6.45) is 0.0963. The molecule has 0 aliphatic carbocycles. The van der Waals surface area contributed by atoms with Crippen LogP contribution in [0.25, 0.3) is 0 Å². The lowest BCUT2D eigenvalue weighted by Gasteiger charge is -2.30. The molecular formula is C15H19N3O5. The van der Waals surface area contributed by atoms with Gasteiger partial charge in [-0.1, -0.05) is 0 Å². The Balaban J connectivity index is 1.48. The topological polar surface area (TPSA) is 89.1 Å². The summed E-state index contributed by atoms with van der Waals surface area (Å²) in [5.74, 6) is 0.849. The van der Waals surface area contributed by atoms with Crippen molar-refractivity contribution in [1.29, 1.82) is 0 Å². The van der Waals surface area contributed by atoms with Crippen molar-refractivity contribution in [1.82, 2.24) is 10.2 Å². The monoisotopic (exact) mass is 321 g/mol. The van der Waals surface area contributed by atoms with Gasteiger partial charge in [-0.05, 0) is 19.1 Å². The van der Waals surface area contributed by atoms with Gasteiger partial charge in [-0.15, -0.1) is 0 Å². The van der Waals surface area contributed by atoms with Crippen LogP contribution in [-0.4, -0.2) is 56.0 Å². The van der Waals surface area contributed by atoms with Crippen molar-refractivity contribution >= 4 is 17.6 Å². The van der Waals surface area contributed by atoms with Crippen molar-refractivity contribution in [2.45, 2.75) is 13.0 Å². The maximum atomic E-state index is 11.9. The minimum absolute atomic E-state index is 0.0963. The Morgan fingerprint density at radius 1 is 1.30 bits per heavy atom. The second kappa shape index (κ2) is 6.84. The number of hydrogen-bond donors (Lipinski definition) is 2. The highest BCUT2D eigenvalue weighted by molar-refractivity contribution is 6.01. The Bertz CT molecular complexity index is 607. The van der Waals surface area contributed by atoms with Gasteiger partial charge in [-0.3, -0.25) is 15.0 Å². The van der Waals surface area contributed by atoms with E-state index in [1.54, 1.807) is 18.2 Å². The zero-order chi connectivity index (χ0) is 16.2. The molecule has 0 bridgehead atoms. The number of ether oxygens (including phenoxy) is 3. The van der Waals surface area contributed by atoms with Gasteiger partial charge in [0.05, 0.1) is 19.3 Å². The molecule has 1 saturated heterocycles. The van der Waals surface area contributed by atoms with E-state index in [1.165, 1.54) is 0 Å².